The van der Waals surface area contributed by atoms with Crippen molar-refractivity contribution in [3.63, 3.8) is 0 Å². The molecule has 10 nitrogen and oxygen atoms in total. The van der Waals surface area contributed by atoms with Crippen molar-refractivity contribution in [3.05, 3.63) is 42.1 Å². The van der Waals surface area contributed by atoms with E-state index in [0.29, 0.717) is 23.5 Å². The first-order chi connectivity index (χ1) is 20.4. The van der Waals surface area contributed by atoms with Crippen molar-refractivity contribution in [1.82, 2.24) is 25.5 Å². The predicted molar refractivity (Wildman–Crippen MR) is 164 cm³/mol. The number of benzene rings is 1. The van der Waals surface area contributed by atoms with Crippen LogP contribution in [0, 0.1) is 11.7 Å². The van der Waals surface area contributed by atoms with E-state index < -0.39 is 11.4 Å². The number of nitrogens with one attached hydrogen (secondary N) is 2. The van der Waals surface area contributed by atoms with Crippen molar-refractivity contribution < 1.29 is 23.5 Å². The zero-order valence-electron chi connectivity index (χ0n) is 26.4. The van der Waals surface area contributed by atoms with Gasteiger partial charge in [-0.15, -0.1) is 0 Å². The number of anilines is 1. The number of hydrogen-bond acceptors (Lipinski definition) is 8. The fourth-order valence-corrected chi connectivity index (χ4v) is 5.54. The lowest BCUT2D eigenvalue weighted by Crippen LogP contribution is -2.45. The number of rotatable bonds is 9. The van der Waals surface area contributed by atoms with Crippen molar-refractivity contribution in [2.45, 2.75) is 96.9 Å². The SMILES string of the molecule is CC(C)N(C)C(=O)c1cc(F)ccc1Oc1cncnc1N1CCC(NC[C@H]2CC[C@H](NC(=O)OC(C)(C)C)CC2)CC1. The quantitative estimate of drug-likeness (QED) is 0.388. The van der Waals surface area contributed by atoms with Gasteiger partial charge >= 0.3 is 6.09 Å². The Morgan fingerprint density at radius 2 is 1.77 bits per heavy atom. The molecule has 1 saturated carbocycles. The van der Waals surface area contributed by atoms with E-state index in [2.05, 4.69) is 25.5 Å². The molecule has 1 saturated heterocycles. The molecular weight excluding hydrogens is 551 g/mol. The molecule has 2 aromatic rings. The van der Waals surface area contributed by atoms with Crippen molar-refractivity contribution >= 4 is 17.8 Å². The van der Waals surface area contributed by atoms with E-state index in [1.807, 2.05) is 34.6 Å². The average molecular weight is 599 g/mol. The van der Waals surface area contributed by atoms with Gasteiger partial charge in [0.25, 0.3) is 5.91 Å². The number of nitrogens with zero attached hydrogens (tertiary/aromatic N) is 4. The Hall–Kier alpha value is -3.47. The van der Waals surface area contributed by atoms with E-state index >= 15 is 0 Å². The number of aromatic nitrogens is 2. The maximum absolute atomic E-state index is 14.1. The number of piperidine rings is 1. The predicted octanol–water partition coefficient (Wildman–Crippen LogP) is 5.53. The Morgan fingerprint density at radius 3 is 2.42 bits per heavy atom. The molecule has 0 unspecified atom stereocenters. The summed E-state index contributed by atoms with van der Waals surface area (Å²) in [4.78, 5) is 37.5. The van der Waals surface area contributed by atoms with Crippen molar-refractivity contribution in [1.29, 1.82) is 0 Å². The van der Waals surface area contributed by atoms with Gasteiger partial charge < -0.3 is 29.9 Å². The minimum atomic E-state index is -0.502. The lowest BCUT2D eigenvalue weighted by molar-refractivity contribution is 0.0486. The molecule has 236 valence electrons. The minimum Gasteiger partial charge on any atom is -0.451 e. The van der Waals surface area contributed by atoms with Gasteiger partial charge in [0.2, 0.25) is 0 Å². The van der Waals surface area contributed by atoms with Gasteiger partial charge in [0.05, 0.1) is 11.8 Å². The normalized spacial score (nSPS) is 19.7. The highest BCUT2D eigenvalue weighted by Gasteiger charge is 2.28. The van der Waals surface area contributed by atoms with Crippen LogP contribution in [0.2, 0.25) is 0 Å². The fraction of sp³-hybridized carbons (Fsp3) is 0.625. The highest BCUT2D eigenvalue weighted by Crippen LogP contribution is 2.34. The molecule has 43 heavy (non-hydrogen) atoms. The molecular formula is C32H47FN6O4. The van der Waals surface area contributed by atoms with Crippen molar-refractivity contribution in [3.8, 4) is 11.5 Å². The molecule has 1 aromatic heterocycles. The smallest absolute Gasteiger partial charge is 0.407 e. The van der Waals surface area contributed by atoms with Gasteiger partial charge in [0.15, 0.2) is 11.6 Å². The number of hydrogen-bond donors (Lipinski definition) is 2. The van der Waals surface area contributed by atoms with Crippen LogP contribution in [0.15, 0.2) is 30.7 Å². The van der Waals surface area contributed by atoms with E-state index in [1.165, 1.54) is 24.5 Å². The van der Waals surface area contributed by atoms with E-state index in [0.717, 1.165) is 58.2 Å². The first-order valence-electron chi connectivity index (χ1n) is 15.4. The molecule has 0 spiro atoms. The average Bonchev–Trinajstić information content (AvgIpc) is 2.96. The molecule has 2 fully saturated rings. The summed E-state index contributed by atoms with van der Waals surface area (Å²) in [5, 5.41) is 6.79. The summed E-state index contributed by atoms with van der Waals surface area (Å²) in [6.45, 7) is 12.0. The molecule has 0 radical (unpaired) electrons. The van der Waals surface area contributed by atoms with Crippen LogP contribution in [0.4, 0.5) is 15.0 Å². The van der Waals surface area contributed by atoms with Crippen LogP contribution >= 0.6 is 0 Å². The van der Waals surface area contributed by atoms with Crippen LogP contribution in [0.1, 0.15) is 83.5 Å². The number of alkyl carbamates (subject to hydrolysis) is 1. The third kappa shape index (κ3) is 9.26. The lowest BCUT2D eigenvalue weighted by atomic mass is 9.85. The van der Waals surface area contributed by atoms with E-state index in [9.17, 15) is 14.0 Å². The first-order valence-corrected chi connectivity index (χ1v) is 15.4. The Balaban J connectivity index is 1.28. The molecule has 11 heteroatoms. The third-order valence-corrected chi connectivity index (χ3v) is 8.20. The van der Waals surface area contributed by atoms with Crippen LogP contribution in [-0.2, 0) is 4.74 Å². The highest BCUT2D eigenvalue weighted by molar-refractivity contribution is 5.97. The van der Waals surface area contributed by atoms with E-state index in [1.54, 1.807) is 18.1 Å². The van der Waals surface area contributed by atoms with Crippen LogP contribution < -0.4 is 20.3 Å². The molecule has 2 aliphatic rings. The zero-order chi connectivity index (χ0) is 31.1. The number of halogens is 1. The molecule has 0 atom stereocenters. The fourth-order valence-electron chi connectivity index (χ4n) is 5.54. The first kappa shape index (κ1) is 32.4. The number of carbonyl (C=O) groups excluding carboxylic acids is 2. The van der Waals surface area contributed by atoms with Crippen molar-refractivity contribution in [2.24, 2.45) is 5.92 Å². The Labute approximate surface area is 254 Å². The van der Waals surface area contributed by atoms with Gasteiger partial charge in [-0.3, -0.25) is 4.79 Å². The van der Waals surface area contributed by atoms with Crippen LogP contribution in [0.5, 0.6) is 11.5 Å². The highest BCUT2D eigenvalue weighted by atomic mass is 19.1. The van der Waals surface area contributed by atoms with Gasteiger partial charge in [0.1, 0.15) is 23.5 Å². The van der Waals surface area contributed by atoms with Gasteiger partial charge in [-0.1, -0.05) is 0 Å². The Bertz CT molecular complexity index is 1240. The second-order valence-corrected chi connectivity index (χ2v) is 13.0. The second-order valence-electron chi connectivity index (χ2n) is 13.0. The molecule has 1 aliphatic heterocycles. The molecule has 1 aromatic carbocycles. The molecule has 2 amide bonds. The van der Waals surface area contributed by atoms with Crippen molar-refractivity contribution in [2.75, 3.05) is 31.6 Å². The van der Waals surface area contributed by atoms with Gasteiger partial charge in [-0.25, -0.2) is 19.2 Å². The second kappa shape index (κ2) is 14.3. The third-order valence-electron chi connectivity index (χ3n) is 8.20. The standard InChI is InChI=1S/C32H47FN6O4/c1-21(2)38(6)30(40)26-17-23(33)9-12-27(26)42-28-19-34-20-36-29(28)39-15-13-24(14-16-39)35-18-22-7-10-25(11-8-22)37-31(41)43-32(3,4)5/h9,12,17,19-22,24-25,35H,7-8,10-11,13-16,18H2,1-6H3,(H,37,41)/t22-,25-. The monoisotopic (exact) mass is 598 g/mol. The maximum Gasteiger partial charge on any atom is 0.407 e. The Kier molecular flexibility index (Phi) is 10.8. The summed E-state index contributed by atoms with van der Waals surface area (Å²) in [5.74, 6) is 1.13. The topological polar surface area (TPSA) is 109 Å². The molecule has 0 bridgehead atoms. The summed E-state index contributed by atoms with van der Waals surface area (Å²) in [5.41, 5.74) is -0.330. The van der Waals surface area contributed by atoms with E-state index in [-0.39, 0.29) is 35.4 Å². The molecule has 2 N–H and O–H groups in total. The van der Waals surface area contributed by atoms with Gasteiger partial charge in [-0.05, 0) is 104 Å². The minimum absolute atomic E-state index is 0.0506. The summed E-state index contributed by atoms with van der Waals surface area (Å²) < 4.78 is 25.7. The number of amides is 2. The lowest BCUT2D eigenvalue weighted by Gasteiger charge is -2.35. The van der Waals surface area contributed by atoms with Gasteiger partial charge in [-0.2, -0.15) is 0 Å². The zero-order valence-corrected chi connectivity index (χ0v) is 26.4. The van der Waals surface area contributed by atoms with Gasteiger partial charge in [0, 0.05) is 38.3 Å². The van der Waals surface area contributed by atoms with Crippen LogP contribution in [0.25, 0.3) is 0 Å². The van der Waals surface area contributed by atoms with E-state index in [4.69, 9.17) is 9.47 Å². The molecule has 2 heterocycles. The molecule has 4 rings (SSSR count). The maximum atomic E-state index is 14.1. The summed E-state index contributed by atoms with van der Waals surface area (Å²) in [6, 6.07) is 4.51. The van der Waals surface area contributed by atoms with Crippen LogP contribution in [-0.4, -0.2) is 77.3 Å². The largest absolute Gasteiger partial charge is 0.451 e. The summed E-state index contributed by atoms with van der Waals surface area (Å²) >= 11 is 0. The number of ether oxygens (including phenoxy) is 2. The molecule has 1 aliphatic carbocycles. The summed E-state index contributed by atoms with van der Waals surface area (Å²) in [6.07, 6.45) is 8.75. The number of carbonyl (C=O) groups is 2. The van der Waals surface area contributed by atoms with Crippen LogP contribution in [0.3, 0.4) is 0 Å². The summed E-state index contributed by atoms with van der Waals surface area (Å²) in [7, 11) is 1.69. The Morgan fingerprint density at radius 1 is 1.07 bits per heavy atom.